The summed E-state index contributed by atoms with van der Waals surface area (Å²) in [6, 6.07) is 14.9. The number of carbonyl (C=O) groups is 1. The molecule has 0 unspecified atom stereocenters. The van der Waals surface area contributed by atoms with Gasteiger partial charge in [0.2, 0.25) is 15.9 Å². The Kier molecular flexibility index (Phi) is 8.10. The predicted molar refractivity (Wildman–Crippen MR) is 117 cm³/mol. The molecule has 0 saturated carbocycles. The molecule has 1 atom stereocenters. The summed E-state index contributed by atoms with van der Waals surface area (Å²) in [6.07, 6.45) is 0. The first-order valence-corrected chi connectivity index (χ1v) is 11.9. The van der Waals surface area contributed by atoms with Crippen LogP contribution in [0.3, 0.4) is 0 Å². The molecule has 0 fully saturated rings. The highest BCUT2D eigenvalue weighted by atomic mass is 32.2. The van der Waals surface area contributed by atoms with E-state index in [4.69, 9.17) is 0 Å². The molecule has 28 heavy (non-hydrogen) atoms. The van der Waals surface area contributed by atoms with Gasteiger partial charge in [0, 0.05) is 24.0 Å². The van der Waals surface area contributed by atoms with E-state index in [9.17, 15) is 13.2 Å². The molecule has 0 radical (unpaired) electrons. The molecule has 0 saturated heterocycles. The highest BCUT2D eigenvalue weighted by Gasteiger charge is 2.22. The number of hydrogen-bond donors (Lipinski definition) is 1. The summed E-state index contributed by atoms with van der Waals surface area (Å²) in [7, 11) is -3.56. The van der Waals surface area contributed by atoms with Crippen LogP contribution in [0.15, 0.2) is 53.4 Å². The van der Waals surface area contributed by atoms with E-state index in [1.165, 1.54) is 9.87 Å². The summed E-state index contributed by atoms with van der Waals surface area (Å²) >= 11 is 1.55. The lowest BCUT2D eigenvalue weighted by Crippen LogP contribution is -2.30. The SMILES string of the molecule is CCN(CC)S(=O)(=O)c1ccc(C)c(NC(=O)CS[C@H](C)c2ccccc2)c1. The topological polar surface area (TPSA) is 66.5 Å². The lowest BCUT2D eigenvalue weighted by molar-refractivity contribution is -0.113. The number of nitrogens with one attached hydrogen (secondary N) is 1. The maximum Gasteiger partial charge on any atom is 0.243 e. The maximum atomic E-state index is 12.7. The van der Waals surface area contributed by atoms with E-state index in [2.05, 4.69) is 12.2 Å². The summed E-state index contributed by atoms with van der Waals surface area (Å²) in [4.78, 5) is 12.6. The molecule has 0 aromatic heterocycles. The Morgan fingerprint density at radius 3 is 2.36 bits per heavy atom. The minimum absolute atomic E-state index is 0.145. The van der Waals surface area contributed by atoms with Crippen molar-refractivity contribution in [1.29, 1.82) is 0 Å². The molecule has 0 aliphatic rings. The number of anilines is 1. The van der Waals surface area contributed by atoms with Gasteiger partial charge in [0.25, 0.3) is 0 Å². The highest BCUT2D eigenvalue weighted by molar-refractivity contribution is 8.00. The molecule has 0 aliphatic heterocycles. The van der Waals surface area contributed by atoms with E-state index in [1.54, 1.807) is 30.0 Å². The van der Waals surface area contributed by atoms with Gasteiger partial charge in [0.05, 0.1) is 10.6 Å². The first-order chi connectivity index (χ1) is 13.3. The molecule has 1 amide bonds. The first kappa shape index (κ1) is 22.5. The standard InChI is InChI=1S/C21H28N2O3S2/c1-5-23(6-2)28(25,26)19-13-12-16(3)20(14-19)22-21(24)15-27-17(4)18-10-8-7-9-11-18/h7-14,17H,5-6,15H2,1-4H3,(H,22,24)/t17-/m1/s1. The number of benzene rings is 2. The minimum Gasteiger partial charge on any atom is -0.325 e. The van der Waals surface area contributed by atoms with Gasteiger partial charge in [-0.1, -0.05) is 50.2 Å². The van der Waals surface area contributed by atoms with Crippen molar-refractivity contribution in [2.45, 2.75) is 37.8 Å². The third kappa shape index (κ3) is 5.59. The molecule has 152 valence electrons. The van der Waals surface area contributed by atoms with Crippen molar-refractivity contribution < 1.29 is 13.2 Å². The van der Waals surface area contributed by atoms with Crippen molar-refractivity contribution in [1.82, 2.24) is 4.31 Å². The van der Waals surface area contributed by atoms with Crippen molar-refractivity contribution in [2.24, 2.45) is 0 Å². The van der Waals surface area contributed by atoms with Crippen LogP contribution >= 0.6 is 11.8 Å². The van der Waals surface area contributed by atoms with Crippen LogP contribution in [0.1, 0.15) is 37.1 Å². The molecule has 0 aliphatic carbocycles. The van der Waals surface area contributed by atoms with Crippen LogP contribution in [0.2, 0.25) is 0 Å². The zero-order chi connectivity index (χ0) is 20.7. The van der Waals surface area contributed by atoms with Gasteiger partial charge in [-0.05, 0) is 37.1 Å². The van der Waals surface area contributed by atoms with Gasteiger partial charge in [-0.3, -0.25) is 4.79 Å². The Morgan fingerprint density at radius 1 is 1.11 bits per heavy atom. The van der Waals surface area contributed by atoms with Gasteiger partial charge in [0.15, 0.2) is 0 Å². The second-order valence-corrected chi connectivity index (χ2v) is 9.75. The predicted octanol–water partition coefficient (Wildman–Crippen LogP) is 4.46. The summed E-state index contributed by atoms with van der Waals surface area (Å²) in [5.41, 5.74) is 2.53. The lowest BCUT2D eigenvalue weighted by Gasteiger charge is -2.19. The summed E-state index contributed by atoms with van der Waals surface area (Å²) in [6.45, 7) is 8.34. The minimum atomic E-state index is -3.56. The Morgan fingerprint density at radius 2 is 1.75 bits per heavy atom. The van der Waals surface area contributed by atoms with Crippen LogP contribution in [0, 0.1) is 6.92 Å². The monoisotopic (exact) mass is 420 g/mol. The number of nitrogens with zero attached hydrogens (tertiary/aromatic N) is 1. The van der Waals surface area contributed by atoms with Crippen LogP contribution in [0.5, 0.6) is 0 Å². The fourth-order valence-corrected chi connectivity index (χ4v) is 5.12. The molecule has 2 aromatic carbocycles. The van der Waals surface area contributed by atoms with Gasteiger partial charge >= 0.3 is 0 Å². The van der Waals surface area contributed by atoms with Crippen LogP contribution in [0.25, 0.3) is 0 Å². The Hall–Kier alpha value is -1.83. The van der Waals surface area contributed by atoms with E-state index in [1.807, 2.05) is 51.1 Å². The summed E-state index contributed by atoms with van der Waals surface area (Å²) < 4.78 is 26.9. The fraction of sp³-hybridized carbons (Fsp3) is 0.381. The smallest absolute Gasteiger partial charge is 0.243 e. The van der Waals surface area contributed by atoms with Gasteiger partial charge < -0.3 is 5.32 Å². The van der Waals surface area contributed by atoms with E-state index in [0.717, 1.165) is 5.56 Å². The van der Waals surface area contributed by atoms with Crippen molar-refractivity contribution in [3.8, 4) is 0 Å². The highest BCUT2D eigenvalue weighted by Crippen LogP contribution is 2.28. The number of aryl methyl sites for hydroxylation is 1. The average molecular weight is 421 g/mol. The molecule has 0 spiro atoms. The summed E-state index contributed by atoms with van der Waals surface area (Å²) in [5, 5.41) is 3.06. The van der Waals surface area contributed by atoms with Crippen molar-refractivity contribution in [2.75, 3.05) is 24.2 Å². The third-order valence-corrected chi connectivity index (χ3v) is 7.81. The number of rotatable bonds is 9. The van der Waals surface area contributed by atoms with Gasteiger partial charge in [0.1, 0.15) is 0 Å². The number of amides is 1. The van der Waals surface area contributed by atoms with Gasteiger partial charge in [-0.2, -0.15) is 4.31 Å². The van der Waals surface area contributed by atoms with E-state index >= 15 is 0 Å². The van der Waals surface area contributed by atoms with Crippen molar-refractivity contribution in [3.05, 3.63) is 59.7 Å². The Labute approximate surface area is 172 Å². The lowest BCUT2D eigenvalue weighted by atomic mass is 10.2. The summed E-state index contributed by atoms with van der Waals surface area (Å²) in [5.74, 6) is 0.149. The largest absolute Gasteiger partial charge is 0.325 e. The molecule has 1 N–H and O–H groups in total. The van der Waals surface area contributed by atoms with E-state index < -0.39 is 10.0 Å². The molecule has 0 bridgehead atoms. The van der Waals surface area contributed by atoms with Crippen LogP contribution < -0.4 is 5.32 Å². The fourth-order valence-electron chi connectivity index (χ4n) is 2.82. The van der Waals surface area contributed by atoms with Gasteiger partial charge in [-0.25, -0.2) is 8.42 Å². The van der Waals surface area contributed by atoms with E-state index in [-0.39, 0.29) is 16.1 Å². The molecule has 0 heterocycles. The molecule has 5 nitrogen and oxygen atoms in total. The van der Waals surface area contributed by atoms with Crippen LogP contribution in [-0.2, 0) is 14.8 Å². The normalized spacial score (nSPS) is 12.8. The maximum absolute atomic E-state index is 12.7. The zero-order valence-corrected chi connectivity index (χ0v) is 18.4. The molecule has 2 aromatic rings. The molecular weight excluding hydrogens is 392 g/mol. The number of thioether (sulfide) groups is 1. The zero-order valence-electron chi connectivity index (χ0n) is 16.8. The van der Waals surface area contributed by atoms with Crippen LogP contribution in [0.4, 0.5) is 5.69 Å². The number of hydrogen-bond acceptors (Lipinski definition) is 4. The Balaban J connectivity index is 2.08. The Bertz CT molecular complexity index is 895. The quantitative estimate of drug-likeness (QED) is 0.650. The van der Waals surface area contributed by atoms with Crippen molar-refractivity contribution >= 4 is 33.4 Å². The van der Waals surface area contributed by atoms with E-state index in [0.29, 0.717) is 24.5 Å². The first-order valence-electron chi connectivity index (χ1n) is 9.36. The average Bonchev–Trinajstić information content (AvgIpc) is 2.69. The van der Waals surface area contributed by atoms with Crippen molar-refractivity contribution in [3.63, 3.8) is 0 Å². The molecule has 7 heteroatoms. The second-order valence-electron chi connectivity index (χ2n) is 6.48. The molecule has 2 rings (SSSR count). The van der Waals surface area contributed by atoms with Crippen LogP contribution in [-0.4, -0.2) is 37.5 Å². The third-order valence-electron chi connectivity index (χ3n) is 4.56. The number of sulfonamides is 1. The number of carbonyl (C=O) groups excluding carboxylic acids is 1. The van der Waals surface area contributed by atoms with Gasteiger partial charge in [-0.15, -0.1) is 11.8 Å². The molecular formula is C21H28N2O3S2. The second kappa shape index (κ2) is 10.1.